The van der Waals surface area contributed by atoms with E-state index >= 15 is 0 Å². The van der Waals surface area contributed by atoms with Crippen molar-refractivity contribution in [3.63, 3.8) is 0 Å². The van der Waals surface area contributed by atoms with Crippen molar-refractivity contribution in [1.29, 1.82) is 0 Å². The Bertz CT molecular complexity index is 1170. The lowest BCUT2D eigenvalue weighted by molar-refractivity contribution is -0.0712. The fraction of sp³-hybridized carbons (Fsp3) is 0.812. The van der Waals surface area contributed by atoms with Crippen molar-refractivity contribution in [1.82, 2.24) is 20.3 Å². The van der Waals surface area contributed by atoms with E-state index in [1.165, 1.54) is 42.4 Å². The number of aryl methyl sites for hydroxylation is 2. The molecule has 0 aromatic heterocycles. The molecule has 5 fully saturated rings. The molecule has 2 aliphatic heterocycles. The summed E-state index contributed by atoms with van der Waals surface area (Å²) < 4.78 is 37.3. The molecule has 2 saturated heterocycles. The molecule has 4 N–H and O–H groups in total. The molecule has 1 aromatic carbocycles. The zero-order valence-corrected chi connectivity index (χ0v) is 26.3. The number of sulfonamides is 1. The van der Waals surface area contributed by atoms with Gasteiger partial charge in [0.05, 0.1) is 17.5 Å². The lowest BCUT2D eigenvalue weighted by Gasteiger charge is -2.49. The third-order valence-electron chi connectivity index (χ3n) is 10.8. The van der Waals surface area contributed by atoms with E-state index in [4.69, 9.17) is 4.74 Å². The van der Waals surface area contributed by atoms with Crippen LogP contribution in [-0.4, -0.2) is 67.0 Å². The van der Waals surface area contributed by atoms with Crippen LogP contribution in [0.2, 0.25) is 0 Å². The predicted octanol–water partition coefficient (Wildman–Crippen LogP) is 4.21. The number of nitrogens with zero attached hydrogens (tertiary/aromatic N) is 1. The Morgan fingerprint density at radius 2 is 1.83 bits per heavy atom. The molecule has 3 saturated carbocycles. The van der Waals surface area contributed by atoms with Crippen LogP contribution in [0.4, 0.5) is 0 Å². The number of hydrogen-bond donors (Lipinski definition) is 4. The molecule has 4 bridgehead atoms. The van der Waals surface area contributed by atoms with Gasteiger partial charge in [0.15, 0.2) is 0 Å². The largest absolute Gasteiger partial charge is 0.390 e. The van der Waals surface area contributed by atoms with Gasteiger partial charge in [0.2, 0.25) is 10.0 Å². The molecule has 6 atom stereocenters. The monoisotopic (exact) mass is 588 g/mol. The van der Waals surface area contributed by atoms with Gasteiger partial charge >= 0.3 is 0 Å². The Hall–Kier alpha value is -1.07. The van der Waals surface area contributed by atoms with Gasteiger partial charge in [-0.1, -0.05) is 24.6 Å². The van der Waals surface area contributed by atoms with Crippen LogP contribution in [0.25, 0.3) is 0 Å². The van der Waals surface area contributed by atoms with Crippen LogP contribution in [0, 0.1) is 25.2 Å². The normalized spacial score (nSPS) is 36.0. The van der Waals surface area contributed by atoms with Crippen LogP contribution in [0.3, 0.4) is 0 Å². The third kappa shape index (κ3) is 6.87. The van der Waals surface area contributed by atoms with Gasteiger partial charge < -0.3 is 9.84 Å². The minimum absolute atomic E-state index is 0.0355. The van der Waals surface area contributed by atoms with Crippen molar-refractivity contribution in [2.45, 2.75) is 140 Å². The molecule has 5 aliphatic rings. The second kappa shape index (κ2) is 11.5. The first-order valence-corrected chi connectivity index (χ1v) is 17.6. The highest BCUT2D eigenvalue weighted by Crippen LogP contribution is 2.62. The first-order valence-electron chi connectivity index (χ1n) is 16.1. The number of ether oxygens (including phenoxy) is 1. The quantitative estimate of drug-likeness (QED) is 0.409. The number of hydrogen-bond acceptors (Lipinski definition) is 7. The molecule has 9 heteroatoms. The van der Waals surface area contributed by atoms with Crippen molar-refractivity contribution in [3.8, 4) is 0 Å². The van der Waals surface area contributed by atoms with E-state index in [0.717, 1.165) is 25.8 Å². The van der Waals surface area contributed by atoms with E-state index < -0.39 is 21.9 Å². The van der Waals surface area contributed by atoms with E-state index in [2.05, 4.69) is 52.3 Å². The first kappa shape index (κ1) is 30.0. The molecule has 0 radical (unpaired) electrons. The van der Waals surface area contributed by atoms with E-state index in [1.54, 1.807) is 0 Å². The topological polar surface area (TPSA) is 103 Å². The zero-order chi connectivity index (χ0) is 29.0. The SMILES string of the molecule is Cc1cccc(C)c1C1CC2NC(N1)NS(=O)(=O)C1CCCC(C1)CN(C1CC3(CC3)C1)[C@H](CCC(C)(C)O)CO2. The summed E-state index contributed by atoms with van der Waals surface area (Å²) in [6.45, 7) is 9.56. The van der Waals surface area contributed by atoms with Gasteiger partial charge in [-0.15, -0.1) is 0 Å². The molecule has 8 nitrogen and oxygen atoms in total. The number of benzene rings is 1. The van der Waals surface area contributed by atoms with Gasteiger partial charge in [-0.25, -0.2) is 8.42 Å². The lowest BCUT2D eigenvalue weighted by Crippen LogP contribution is -2.64. The highest BCUT2D eigenvalue weighted by Gasteiger charge is 2.55. The van der Waals surface area contributed by atoms with Crippen molar-refractivity contribution in [3.05, 3.63) is 34.9 Å². The summed E-state index contributed by atoms with van der Waals surface area (Å²) in [5, 5.41) is 17.3. The van der Waals surface area contributed by atoms with Gasteiger partial charge in [0.25, 0.3) is 0 Å². The van der Waals surface area contributed by atoms with Crippen LogP contribution >= 0.6 is 0 Å². The van der Waals surface area contributed by atoms with Crippen LogP contribution in [0.1, 0.15) is 107 Å². The van der Waals surface area contributed by atoms with E-state index in [-0.39, 0.29) is 23.6 Å². The zero-order valence-electron chi connectivity index (χ0n) is 25.5. The number of rotatable bonds is 5. The summed E-state index contributed by atoms with van der Waals surface area (Å²) >= 11 is 0. The molecule has 41 heavy (non-hydrogen) atoms. The van der Waals surface area contributed by atoms with E-state index in [9.17, 15) is 13.5 Å². The summed E-state index contributed by atoms with van der Waals surface area (Å²) in [4.78, 5) is 2.70. The summed E-state index contributed by atoms with van der Waals surface area (Å²) in [5.74, 6) is 0.356. The maximum absolute atomic E-state index is 13.8. The average Bonchev–Trinajstić information content (AvgIpc) is 3.67. The average molecular weight is 589 g/mol. The van der Waals surface area contributed by atoms with E-state index in [1.807, 2.05) is 13.8 Å². The lowest BCUT2D eigenvalue weighted by atomic mass is 9.74. The maximum atomic E-state index is 13.8. The van der Waals surface area contributed by atoms with Crippen molar-refractivity contribution in [2.75, 3.05) is 13.2 Å². The van der Waals surface area contributed by atoms with Crippen molar-refractivity contribution >= 4 is 10.0 Å². The van der Waals surface area contributed by atoms with Gasteiger partial charge in [0.1, 0.15) is 12.5 Å². The Kier molecular flexibility index (Phi) is 8.37. The molecule has 0 amide bonds. The summed E-state index contributed by atoms with van der Waals surface area (Å²) in [5.41, 5.74) is 3.47. The second-order valence-corrected chi connectivity index (χ2v) is 16.8. The molecule has 1 aromatic rings. The standard InChI is InChI=1S/C32H52N4O4S/c1-21-7-5-8-22(2)29(21)27-16-28-34-30(33-27)35-41(38,39)26-10-6-9-23(15-26)19-36(25-17-32(18-25)13-14-32)24(20-40-28)11-12-31(3,4)37/h5,7-8,23-28,30,33-35,37H,6,9-20H2,1-4H3/t23?,24-,26?,27?,28?,30?/m1/s1. The van der Waals surface area contributed by atoms with Gasteiger partial charge in [-0.3, -0.25) is 15.5 Å². The smallest absolute Gasteiger partial charge is 0.216 e. The van der Waals surface area contributed by atoms with Gasteiger partial charge in [0, 0.05) is 31.1 Å². The molecule has 2 heterocycles. The minimum Gasteiger partial charge on any atom is -0.390 e. The molecule has 3 aliphatic carbocycles. The molecular formula is C32H52N4O4S. The van der Waals surface area contributed by atoms with Crippen molar-refractivity contribution in [2.24, 2.45) is 11.3 Å². The van der Waals surface area contributed by atoms with Crippen LogP contribution < -0.4 is 15.4 Å². The maximum Gasteiger partial charge on any atom is 0.216 e. The molecule has 230 valence electrons. The fourth-order valence-electron chi connectivity index (χ4n) is 8.24. The Morgan fingerprint density at radius 3 is 2.51 bits per heavy atom. The Morgan fingerprint density at radius 1 is 1.10 bits per heavy atom. The van der Waals surface area contributed by atoms with Gasteiger partial charge in [-0.2, -0.15) is 4.72 Å². The van der Waals surface area contributed by atoms with Crippen LogP contribution in [0.5, 0.6) is 0 Å². The molecular weight excluding hydrogens is 536 g/mol. The third-order valence-corrected chi connectivity index (χ3v) is 12.7. The molecule has 6 rings (SSSR count). The number of nitrogens with one attached hydrogen (secondary N) is 3. The minimum atomic E-state index is -3.53. The molecule has 5 unspecified atom stereocenters. The predicted molar refractivity (Wildman–Crippen MR) is 162 cm³/mol. The number of aliphatic hydroxyl groups is 1. The first-order chi connectivity index (χ1) is 19.4. The van der Waals surface area contributed by atoms with Crippen LogP contribution in [0.15, 0.2) is 18.2 Å². The second-order valence-electron chi connectivity index (χ2n) is 14.8. The highest BCUT2D eigenvalue weighted by atomic mass is 32.2. The molecule has 1 spiro atoms. The number of fused-ring (bicyclic) bond motifs is 4. The van der Waals surface area contributed by atoms with E-state index in [0.29, 0.717) is 49.7 Å². The summed E-state index contributed by atoms with van der Waals surface area (Å²) in [7, 11) is -3.53. The van der Waals surface area contributed by atoms with Gasteiger partial charge in [-0.05, 0) is 114 Å². The summed E-state index contributed by atoms with van der Waals surface area (Å²) in [6.07, 6.45) is 10.1. The van der Waals surface area contributed by atoms with Crippen LogP contribution in [-0.2, 0) is 14.8 Å². The Balaban J connectivity index is 1.31. The van der Waals surface area contributed by atoms with Crippen molar-refractivity contribution < 1.29 is 18.3 Å². The summed E-state index contributed by atoms with van der Waals surface area (Å²) in [6, 6.07) is 7.02. The Labute approximate surface area is 247 Å². The highest BCUT2D eigenvalue weighted by molar-refractivity contribution is 7.90. The fourth-order valence-corrected chi connectivity index (χ4v) is 9.90.